The molecule has 1 saturated heterocycles. The highest BCUT2D eigenvalue weighted by Gasteiger charge is 2.30. The molecule has 0 saturated carbocycles. The molecular formula is C26H35ClF2N4O7S. The average Bonchev–Trinajstić information content (AvgIpc) is 2.93. The van der Waals surface area contributed by atoms with Crippen molar-refractivity contribution in [3.63, 3.8) is 0 Å². The molecule has 3 rings (SSSR count). The number of carbonyl (C=O) groups is 2. The fourth-order valence-corrected chi connectivity index (χ4v) is 6.08. The number of hydrogen-bond donors (Lipinski definition) is 2. The Labute approximate surface area is 243 Å². The Hall–Kier alpha value is -2.78. The summed E-state index contributed by atoms with van der Waals surface area (Å²) >= 11 is 5.97. The number of nitrogens with zero attached hydrogens (tertiary/aromatic N) is 3. The number of carbonyl (C=O) groups excluding carboxylic acids is 2. The number of allylic oxidation sites excluding steroid dienone is 4. The van der Waals surface area contributed by atoms with Gasteiger partial charge in [0.15, 0.2) is 17.4 Å². The molecule has 0 bridgehead atoms. The van der Waals surface area contributed by atoms with E-state index in [1.165, 1.54) is 31.1 Å². The molecule has 228 valence electrons. The minimum atomic E-state index is -4.67. The van der Waals surface area contributed by atoms with Crippen molar-refractivity contribution in [2.45, 2.75) is 37.5 Å². The van der Waals surface area contributed by atoms with Crippen LogP contribution in [-0.2, 0) is 19.6 Å². The van der Waals surface area contributed by atoms with Crippen LogP contribution in [0.25, 0.3) is 0 Å². The van der Waals surface area contributed by atoms with Crippen molar-refractivity contribution in [3.05, 3.63) is 46.7 Å². The summed E-state index contributed by atoms with van der Waals surface area (Å²) in [6.07, 6.45) is 6.08. The zero-order valence-corrected chi connectivity index (χ0v) is 24.5. The van der Waals surface area contributed by atoms with E-state index in [2.05, 4.69) is 4.90 Å². The van der Waals surface area contributed by atoms with Crippen molar-refractivity contribution in [3.8, 4) is 5.75 Å². The molecule has 1 aromatic carbocycles. The molecule has 1 aliphatic carbocycles. The van der Waals surface area contributed by atoms with Crippen LogP contribution >= 0.6 is 11.6 Å². The third kappa shape index (κ3) is 9.10. The lowest BCUT2D eigenvalue weighted by atomic mass is 10.0. The number of hydroxylamine groups is 1. The predicted molar refractivity (Wildman–Crippen MR) is 146 cm³/mol. The number of sulfonamides is 1. The maximum Gasteiger partial charge on any atom is 0.409 e. The molecule has 1 aliphatic heterocycles. The summed E-state index contributed by atoms with van der Waals surface area (Å²) in [4.78, 5) is 26.8. The molecule has 41 heavy (non-hydrogen) atoms. The fraction of sp³-hybridized carbons (Fsp3) is 0.538. The Morgan fingerprint density at radius 3 is 2.41 bits per heavy atom. The molecule has 2 aliphatic rings. The smallest absolute Gasteiger partial charge is 0.409 e. The van der Waals surface area contributed by atoms with Gasteiger partial charge in [0.1, 0.15) is 12.4 Å². The van der Waals surface area contributed by atoms with Crippen molar-refractivity contribution < 1.29 is 41.5 Å². The Morgan fingerprint density at radius 1 is 1.15 bits per heavy atom. The van der Waals surface area contributed by atoms with Gasteiger partial charge < -0.3 is 14.4 Å². The molecule has 1 heterocycles. The Kier molecular flexibility index (Phi) is 11.9. The first-order valence-electron chi connectivity index (χ1n) is 13.2. The topological polar surface area (TPSA) is 129 Å². The number of halogens is 3. The standard InChI is InChI=1S/C26H35ClF2N4O7S/c1-18-14-19(27)6-7-23(18)40-25-21(28)15-20(16-22(25)29)41(37,38)33(17-24(34)30-36)11-10-31(2)26(35)39-13-12-32-8-4-3-5-9-32/h6-7,15-16,18,36H,3-5,8-14,17H2,1-2H3,(H,30,34). The highest BCUT2D eigenvalue weighted by Crippen LogP contribution is 2.33. The van der Waals surface area contributed by atoms with E-state index in [0.717, 1.165) is 30.8 Å². The van der Waals surface area contributed by atoms with Crippen LogP contribution in [0.5, 0.6) is 5.75 Å². The SMILES string of the molecule is CC1CC(Cl)=CC=C1Oc1c(F)cc(S(=O)(=O)N(CCN(C)C(=O)OCCN2CCCCC2)CC(=O)NO)cc1F. The first-order valence-corrected chi connectivity index (χ1v) is 15.0. The van der Waals surface area contributed by atoms with E-state index in [9.17, 15) is 26.8 Å². The highest BCUT2D eigenvalue weighted by molar-refractivity contribution is 7.89. The van der Waals surface area contributed by atoms with Crippen LogP contribution in [0.3, 0.4) is 0 Å². The number of piperidine rings is 1. The summed E-state index contributed by atoms with van der Waals surface area (Å²) in [5.41, 5.74) is 1.33. The molecule has 0 aromatic heterocycles. The maximum atomic E-state index is 15.0. The largest absolute Gasteiger partial charge is 0.455 e. The molecule has 1 fully saturated rings. The van der Waals surface area contributed by atoms with E-state index >= 15 is 0 Å². The van der Waals surface area contributed by atoms with Gasteiger partial charge in [-0.25, -0.2) is 27.5 Å². The summed E-state index contributed by atoms with van der Waals surface area (Å²) in [5.74, 6) is -4.46. The summed E-state index contributed by atoms with van der Waals surface area (Å²) in [6, 6.07) is 1.15. The average molecular weight is 621 g/mol. The van der Waals surface area contributed by atoms with Crippen LogP contribution in [0.2, 0.25) is 0 Å². The minimum absolute atomic E-state index is 0.157. The number of likely N-dealkylation sites (N-methyl/N-ethyl adjacent to an activating group) is 1. The first kappa shape index (κ1) is 32.7. The highest BCUT2D eigenvalue weighted by atomic mass is 35.5. The van der Waals surface area contributed by atoms with Crippen LogP contribution in [0.4, 0.5) is 13.6 Å². The Morgan fingerprint density at radius 2 is 1.80 bits per heavy atom. The number of benzene rings is 1. The second-order valence-corrected chi connectivity index (χ2v) is 12.3. The van der Waals surface area contributed by atoms with E-state index in [4.69, 9.17) is 26.3 Å². The van der Waals surface area contributed by atoms with Crippen LogP contribution in [-0.4, -0.2) is 92.7 Å². The lowest BCUT2D eigenvalue weighted by Gasteiger charge is -2.27. The molecule has 2 amide bonds. The van der Waals surface area contributed by atoms with Crippen molar-refractivity contribution in [1.29, 1.82) is 0 Å². The predicted octanol–water partition coefficient (Wildman–Crippen LogP) is 3.44. The second kappa shape index (κ2) is 14.9. The van der Waals surface area contributed by atoms with Crippen LogP contribution in [0.1, 0.15) is 32.6 Å². The minimum Gasteiger partial charge on any atom is -0.455 e. The lowest BCUT2D eigenvalue weighted by Crippen LogP contribution is -2.44. The van der Waals surface area contributed by atoms with Crippen LogP contribution < -0.4 is 10.2 Å². The van der Waals surface area contributed by atoms with Gasteiger partial charge in [-0.15, -0.1) is 0 Å². The monoisotopic (exact) mass is 620 g/mol. The molecular weight excluding hydrogens is 586 g/mol. The van der Waals surface area contributed by atoms with Crippen LogP contribution in [0.15, 0.2) is 40.0 Å². The molecule has 2 N–H and O–H groups in total. The molecule has 0 spiro atoms. The van der Waals surface area contributed by atoms with Gasteiger partial charge in [0, 0.05) is 37.6 Å². The number of amides is 2. The molecule has 1 aromatic rings. The van der Waals surface area contributed by atoms with Gasteiger partial charge in [-0.1, -0.05) is 24.9 Å². The third-order valence-corrected chi connectivity index (χ3v) is 8.87. The third-order valence-electron chi connectivity index (χ3n) is 6.77. The van der Waals surface area contributed by atoms with E-state index in [-0.39, 0.29) is 24.8 Å². The number of nitrogens with one attached hydrogen (secondary N) is 1. The summed E-state index contributed by atoms with van der Waals surface area (Å²) in [7, 11) is -3.29. The zero-order chi connectivity index (χ0) is 30.2. The van der Waals surface area contributed by atoms with Gasteiger partial charge in [-0.3, -0.25) is 14.9 Å². The number of hydrogen-bond acceptors (Lipinski definition) is 8. The second-order valence-electron chi connectivity index (χ2n) is 9.92. The molecule has 15 heteroatoms. The number of rotatable bonds is 12. The summed E-state index contributed by atoms with van der Waals surface area (Å²) in [5, 5.41) is 9.50. The van der Waals surface area contributed by atoms with E-state index in [1.807, 2.05) is 0 Å². The molecule has 0 radical (unpaired) electrons. The van der Waals surface area contributed by atoms with Crippen molar-refractivity contribution in [2.75, 3.05) is 52.9 Å². The van der Waals surface area contributed by atoms with Gasteiger partial charge in [-0.05, 0) is 56.6 Å². The Balaban J connectivity index is 1.70. The Bertz CT molecular complexity index is 1250. The van der Waals surface area contributed by atoms with Crippen molar-refractivity contribution >= 4 is 33.6 Å². The van der Waals surface area contributed by atoms with Gasteiger partial charge >= 0.3 is 6.09 Å². The quantitative estimate of drug-likeness (QED) is 0.269. The zero-order valence-electron chi connectivity index (χ0n) is 22.9. The molecule has 11 nitrogen and oxygen atoms in total. The van der Waals surface area contributed by atoms with E-state index in [0.29, 0.717) is 34.4 Å². The molecule has 1 atom stereocenters. The van der Waals surface area contributed by atoms with Gasteiger partial charge in [0.25, 0.3) is 5.91 Å². The van der Waals surface area contributed by atoms with E-state index in [1.54, 1.807) is 6.92 Å². The fourth-order valence-electron chi connectivity index (χ4n) is 4.37. The van der Waals surface area contributed by atoms with E-state index < -0.39 is 57.4 Å². The lowest BCUT2D eigenvalue weighted by molar-refractivity contribution is -0.129. The van der Waals surface area contributed by atoms with Crippen LogP contribution in [0, 0.1) is 17.6 Å². The number of likely N-dealkylation sites (tertiary alicyclic amines) is 1. The normalized spacial score (nSPS) is 18.0. The van der Waals surface area contributed by atoms with Gasteiger partial charge in [0.05, 0.1) is 11.4 Å². The number of ether oxygens (including phenoxy) is 2. The van der Waals surface area contributed by atoms with Crippen molar-refractivity contribution in [2.24, 2.45) is 5.92 Å². The van der Waals surface area contributed by atoms with Gasteiger partial charge in [0.2, 0.25) is 10.0 Å². The summed E-state index contributed by atoms with van der Waals surface area (Å²) < 4.78 is 67.8. The van der Waals surface area contributed by atoms with Crippen molar-refractivity contribution in [1.82, 2.24) is 19.6 Å². The van der Waals surface area contributed by atoms with Gasteiger partial charge in [-0.2, -0.15) is 4.31 Å². The first-order chi connectivity index (χ1) is 19.4. The molecule has 1 unspecified atom stereocenters. The maximum absolute atomic E-state index is 15.0. The summed E-state index contributed by atoms with van der Waals surface area (Å²) in [6.45, 7) is 2.83.